The van der Waals surface area contributed by atoms with E-state index in [-0.39, 0.29) is 11.8 Å². The van der Waals surface area contributed by atoms with Crippen LogP contribution in [0.2, 0.25) is 0 Å². The van der Waals surface area contributed by atoms with Crippen molar-refractivity contribution in [3.63, 3.8) is 0 Å². The number of hydrogen-bond donors (Lipinski definition) is 2. The summed E-state index contributed by atoms with van der Waals surface area (Å²) in [5, 5.41) is 5.52. The SMILES string of the molecule is CCCC(C(=O)NC=O)c1cccc(C2CNC2)c1. The van der Waals surface area contributed by atoms with E-state index in [9.17, 15) is 9.59 Å². The van der Waals surface area contributed by atoms with Gasteiger partial charge in [-0.15, -0.1) is 0 Å². The van der Waals surface area contributed by atoms with Crippen LogP contribution in [0.15, 0.2) is 24.3 Å². The van der Waals surface area contributed by atoms with Crippen molar-refractivity contribution in [1.29, 1.82) is 0 Å². The molecule has 2 rings (SSSR count). The van der Waals surface area contributed by atoms with Crippen molar-refractivity contribution in [2.24, 2.45) is 0 Å². The fourth-order valence-corrected chi connectivity index (χ4v) is 2.45. The van der Waals surface area contributed by atoms with E-state index in [0.29, 0.717) is 12.3 Å². The third-order valence-corrected chi connectivity index (χ3v) is 3.66. The van der Waals surface area contributed by atoms with Gasteiger partial charge < -0.3 is 5.32 Å². The van der Waals surface area contributed by atoms with Crippen LogP contribution in [-0.2, 0) is 9.59 Å². The van der Waals surface area contributed by atoms with Crippen LogP contribution in [-0.4, -0.2) is 25.4 Å². The molecule has 0 aromatic heterocycles. The van der Waals surface area contributed by atoms with Gasteiger partial charge in [0.05, 0.1) is 5.92 Å². The van der Waals surface area contributed by atoms with Gasteiger partial charge in [-0.25, -0.2) is 0 Å². The summed E-state index contributed by atoms with van der Waals surface area (Å²) in [7, 11) is 0. The maximum Gasteiger partial charge on any atom is 0.233 e. The largest absolute Gasteiger partial charge is 0.315 e. The minimum atomic E-state index is -0.233. The molecule has 4 nitrogen and oxygen atoms in total. The van der Waals surface area contributed by atoms with E-state index in [4.69, 9.17) is 0 Å². The van der Waals surface area contributed by atoms with Gasteiger partial charge in [-0.3, -0.25) is 14.9 Å². The van der Waals surface area contributed by atoms with E-state index in [2.05, 4.69) is 22.8 Å². The molecule has 0 bridgehead atoms. The van der Waals surface area contributed by atoms with Gasteiger partial charge >= 0.3 is 0 Å². The summed E-state index contributed by atoms with van der Waals surface area (Å²) in [5.74, 6) is 0.111. The molecule has 1 saturated heterocycles. The molecule has 1 aliphatic heterocycles. The zero-order valence-corrected chi connectivity index (χ0v) is 11.2. The van der Waals surface area contributed by atoms with Crippen LogP contribution in [0, 0.1) is 0 Å². The Kier molecular flexibility index (Phi) is 4.68. The summed E-state index contributed by atoms with van der Waals surface area (Å²) >= 11 is 0. The highest BCUT2D eigenvalue weighted by Gasteiger charge is 2.23. The molecule has 19 heavy (non-hydrogen) atoms. The number of imide groups is 1. The van der Waals surface area contributed by atoms with Gasteiger partial charge in [-0.2, -0.15) is 0 Å². The minimum absolute atomic E-state index is 0.208. The first-order chi connectivity index (χ1) is 9.26. The van der Waals surface area contributed by atoms with Crippen molar-refractivity contribution >= 4 is 12.3 Å². The van der Waals surface area contributed by atoms with Gasteiger partial charge in [0.1, 0.15) is 0 Å². The number of benzene rings is 1. The van der Waals surface area contributed by atoms with Crippen LogP contribution < -0.4 is 10.6 Å². The highest BCUT2D eigenvalue weighted by Crippen LogP contribution is 2.26. The zero-order chi connectivity index (χ0) is 13.7. The first-order valence-corrected chi connectivity index (χ1v) is 6.80. The molecule has 0 aliphatic carbocycles. The molecule has 2 N–H and O–H groups in total. The summed E-state index contributed by atoms with van der Waals surface area (Å²) < 4.78 is 0. The monoisotopic (exact) mass is 260 g/mol. The van der Waals surface area contributed by atoms with Crippen LogP contribution in [0.5, 0.6) is 0 Å². The van der Waals surface area contributed by atoms with Crippen molar-refractivity contribution in [3.05, 3.63) is 35.4 Å². The second-order valence-electron chi connectivity index (χ2n) is 4.99. The molecule has 2 amide bonds. The quantitative estimate of drug-likeness (QED) is 0.763. The molecule has 1 atom stereocenters. The standard InChI is InChI=1S/C15H20N2O2/c1-2-4-14(15(19)17-10-18)12-6-3-5-11(7-12)13-8-16-9-13/h3,5-7,10,13-14,16H,2,4,8-9H2,1H3,(H,17,18,19). The Bertz CT molecular complexity index is 455. The van der Waals surface area contributed by atoms with Gasteiger partial charge in [0.15, 0.2) is 0 Å². The maximum absolute atomic E-state index is 11.9. The Morgan fingerprint density at radius 3 is 2.89 bits per heavy atom. The fraction of sp³-hybridized carbons (Fsp3) is 0.467. The molecule has 1 unspecified atom stereocenters. The van der Waals surface area contributed by atoms with E-state index in [1.165, 1.54) is 5.56 Å². The third kappa shape index (κ3) is 3.20. The van der Waals surface area contributed by atoms with E-state index >= 15 is 0 Å². The Hall–Kier alpha value is -1.68. The second kappa shape index (κ2) is 6.48. The van der Waals surface area contributed by atoms with E-state index in [1.807, 2.05) is 19.1 Å². The number of hydrogen-bond acceptors (Lipinski definition) is 3. The second-order valence-corrected chi connectivity index (χ2v) is 4.99. The first-order valence-electron chi connectivity index (χ1n) is 6.80. The molecule has 0 spiro atoms. The van der Waals surface area contributed by atoms with Gasteiger partial charge in [0, 0.05) is 19.0 Å². The number of nitrogens with one attached hydrogen (secondary N) is 2. The van der Waals surface area contributed by atoms with Crippen LogP contribution >= 0.6 is 0 Å². The Labute approximate surface area is 113 Å². The maximum atomic E-state index is 11.9. The molecule has 102 valence electrons. The van der Waals surface area contributed by atoms with Crippen LogP contribution in [0.4, 0.5) is 0 Å². The lowest BCUT2D eigenvalue weighted by atomic mass is 9.87. The predicted molar refractivity (Wildman–Crippen MR) is 73.9 cm³/mol. The van der Waals surface area contributed by atoms with E-state index < -0.39 is 0 Å². The van der Waals surface area contributed by atoms with Crippen LogP contribution in [0.1, 0.15) is 42.7 Å². The molecule has 0 saturated carbocycles. The molecule has 4 heteroatoms. The Morgan fingerprint density at radius 1 is 1.53 bits per heavy atom. The topological polar surface area (TPSA) is 58.2 Å². The van der Waals surface area contributed by atoms with Crippen LogP contribution in [0.25, 0.3) is 0 Å². The molecule has 1 aromatic rings. The van der Waals surface area contributed by atoms with Crippen molar-refractivity contribution in [2.45, 2.75) is 31.6 Å². The highest BCUT2D eigenvalue weighted by molar-refractivity contribution is 5.91. The lowest BCUT2D eigenvalue weighted by molar-refractivity contribution is -0.126. The zero-order valence-electron chi connectivity index (χ0n) is 11.2. The highest BCUT2D eigenvalue weighted by atomic mass is 16.2. The van der Waals surface area contributed by atoms with Gasteiger partial charge in [-0.05, 0) is 17.5 Å². The van der Waals surface area contributed by atoms with Crippen LogP contribution in [0.3, 0.4) is 0 Å². The normalized spacial score (nSPS) is 16.5. The number of carbonyl (C=O) groups is 2. The van der Waals surface area contributed by atoms with Crippen molar-refractivity contribution in [3.8, 4) is 0 Å². The smallest absolute Gasteiger partial charge is 0.233 e. The molecule has 0 radical (unpaired) electrons. The number of amides is 2. The lowest BCUT2D eigenvalue weighted by Gasteiger charge is -2.28. The summed E-state index contributed by atoms with van der Waals surface area (Å²) in [6, 6.07) is 8.19. The summed E-state index contributed by atoms with van der Waals surface area (Å²) in [4.78, 5) is 22.4. The average Bonchev–Trinajstić information content (AvgIpc) is 2.34. The van der Waals surface area contributed by atoms with Gasteiger partial charge in [0.25, 0.3) is 0 Å². The molecule has 1 aromatic carbocycles. The Morgan fingerprint density at radius 2 is 2.32 bits per heavy atom. The number of carbonyl (C=O) groups excluding carboxylic acids is 2. The predicted octanol–water partition coefficient (Wildman–Crippen LogP) is 1.53. The fourth-order valence-electron chi connectivity index (χ4n) is 2.45. The van der Waals surface area contributed by atoms with Crippen molar-refractivity contribution < 1.29 is 9.59 Å². The number of rotatable bonds is 6. The molecular weight excluding hydrogens is 240 g/mol. The Balaban J connectivity index is 2.19. The molecule has 1 heterocycles. The lowest BCUT2D eigenvalue weighted by Crippen LogP contribution is -2.39. The summed E-state index contributed by atoms with van der Waals surface area (Å²) in [6.07, 6.45) is 2.13. The molecule has 1 fully saturated rings. The molecular formula is C15H20N2O2. The van der Waals surface area contributed by atoms with Gasteiger partial charge in [0.2, 0.25) is 12.3 Å². The summed E-state index contributed by atoms with van der Waals surface area (Å²) in [6.45, 7) is 4.05. The van der Waals surface area contributed by atoms with E-state index in [0.717, 1.165) is 31.5 Å². The average molecular weight is 260 g/mol. The minimum Gasteiger partial charge on any atom is -0.315 e. The van der Waals surface area contributed by atoms with Gasteiger partial charge in [-0.1, -0.05) is 37.6 Å². The third-order valence-electron chi connectivity index (χ3n) is 3.66. The first kappa shape index (κ1) is 13.7. The molecule has 1 aliphatic rings. The summed E-state index contributed by atoms with van der Waals surface area (Å²) in [5.41, 5.74) is 2.28. The van der Waals surface area contributed by atoms with Crippen molar-refractivity contribution in [1.82, 2.24) is 10.6 Å². The van der Waals surface area contributed by atoms with Crippen molar-refractivity contribution in [2.75, 3.05) is 13.1 Å². The van der Waals surface area contributed by atoms with E-state index in [1.54, 1.807) is 0 Å².